The molecule has 0 heterocycles. The average molecular weight is 111 g/mol. The zero-order valence-electron chi connectivity index (χ0n) is 5.29. The van der Waals surface area contributed by atoms with Gasteiger partial charge in [-0.15, -0.1) is 0 Å². The number of benzene rings is 1. The van der Waals surface area contributed by atoms with E-state index >= 15 is 0 Å². The van der Waals surface area contributed by atoms with E-state index in [9.17, 15) is 0 Å². The van der Waals surface area contributed by atoms with Crippen LogP contribution in [0.25, 0.3) is 0 Å². The van der Waals surface area contributed by atoms with Gasteiger partial charge in [0.2, 0.25) is 0 Å². The predicted octanol–water partition coefficient (Wildman–Crippen LogP) is 0.974. The topological polar surface area (TPSA) is 46.2 Å². The Kier molecular flexibility index (Phi) is 0.821. The molecule has 3 N–H and O–H groups in total. The second-order valence-corrected chi connectivity index (χ2v) is 1.57. The summed E-state index contributed by atoms with van der Waals surface area (Å²) >= 11 is 0. The predicted molar refractivity (Wildman–Crippen MR) is 32.5 cm³/mol. The van der Waals surface area contributed by atoms with E-state index in [2.05, 4.69) is 5.11 Å². The average Bonchev–Trinajstić information content (AvgIpc) is 1.90. The first-order valence-corrected chi connectivity index (χ1v) is 2.31. The molecule has 0 aliphatic rings. The number of hydrogen-bond acceptors (Lipinski definition) is 2. The molecule has 0 unspecified atom stereocenters. The summed E-state index contributed by atoms with van der Waals surface area (Å²) in [6, 6.07) is 6.65. The Morgan fingerprint density at radius 2 is 2.00 bits per heavy atom. The van der Waals surface area contributed by atoms with Crippen LogP contribution in [-0.2, 0) is 0 Å². The lowest BCUT2D eigenvalue weighted by Crippen LogP contribution is -1.80. The standard InChI is InChI=1S/C6H7NO/c7-5-1-3-6(8)4-2-5/h1-4,8H,7H2/i/hT. The van der Waals surface area contributed by atoms with Gasteiger partial charge in [-0.05, 0) is 24.3 Å². The van der Waals surface area contributed by atoms with Gasteiger partial charge in [0.25, 0.3) is 1.43 Å². The summed E-state index contributed by atoms with van der Waals surface area (Å²) in [5.74, 6) is 0.504. The number of phenols is 1. The molecule has 8 heavy (non-hydrogen) atoms. The Morgan fingerprint density at radius 3 is 2.50 bits per heavy atom. The second-order valence-electron chi connectivity index (χ2n) is 1.57. The zero-order chi connectivity index (χ0) is 6.69. The van der Waals surface area contributed by atoms with Crippen molar-refractivity contribution in [2.75, 3.05) is 5.73 Å². The van der Waals surface area contributed by atoms with E-state index in [0.29, 0.717) is 11.4 Å². The summed E-state index contributed by atoms with van der Waals surface area (Å²) in [5.41, 5.74) is 6.04. The smallest absolute Gasteiger partial charge is 0.293 e. The lowest BCUT2D eigenvalue weighted by atomic mass is 10.3. The third kappa shape index (κ3) is 0.904. The van der Waals surface area contributed by atoms with E-state index in [1.165, 1.54) is 0 Å². The molecule has 1 aromatic rings. The second kappa shape index (κ2) is 1.74. The number of hydrogen-bond donors (Lipinski definition) is 2. The van der Waals surface area contributed by atoms with Crippen LogP contribution in [-0.4, -0.2) is 6.54 Å². The van der Waals surface area contributed by atoms with Gasteiger partial charge in [0.15, 0.2) is 0 Å². The maximum atomic E-state index is 6.47. The molecule has 0 saturated carbocycles. The van der Waals surface area contributed by atoms with Crippen molar-refractivity contribution >= 4 is 5.69 Å². The van der Waals surface area contributed by atoms with Crippen molar-refractivity contribution in [2.24, 2.45) is 0 Å². The van der Waals surface area contributed by atoms with E-state index < -0.39 is 0 Å². The highest BCUT2D eigenvalue weighted by molar-refractivity contribution is 5.40. The highest BCUT2D eigenvalue weighted by Crippen LogP contribution is 2.09. The minimum Gasteiger partial charge on any atom is -0.508 e. The van der Waals surface area contributed by atoms with E-state index in [1.807, 2.05) is 0 Å². The van der Waals surface area contributed by atoms with Gasteiger partial charge in [0.05, 0.1) is 0 Å². The summed E-state index contributed by atoms with van der Waals surface area (Å²) in [5, 5.41) is 4.16. The molecule has 0 amide bonds. The van der Waals surface area contributed by atoms with Gasteiger partial charge in [-0.3, -0.25) is 0 Å². The van der Waals surface area contributed by atoms with Gasteiger partial charge < -0.3 is 10.8 Å². The third-order valence-electron chi connectivity index (χ3n) is 0.880. The summed E-state index contributed by atoms with van der Waals surface area (Å²) in [6.07, 6.45) is 0. The molecule has 42 valence electrons. The van der Waals surface area contributed by atoms with Crippen LogP contribution in [0.5, 0.6) is 5.75 Å². The summed E-state index contributed by atoms with van der Waals surface area (Å²) in [7, 11) is 0. The van der Waals surface area contributed by atoms with Crippen LogP contribution in [0.3, 0.4) is 0 Å². The maximum absolute atomic E-state index is 6.47. The molecule has 0 aliphatic heterocycles. The van der Waals surface area contributed by atoms with Crippen LogP contribution in [0, 0.1) is 0 Å². The molecule has 1 rings (SSSR count). The van der Waals surface area contributed by atoms with Gasteiger partial charge >= 0.3 is 0 Å². The van der Waals surface area contributed by atoms with Crippen LogP contribution < -0.4 is 5.73 Å². The van der Waals surface area contributed by atoms with E-state index in [4.69, 9.17) is 7.16 Å². The Morgan fingerprint density at radius 1 is 1.38 bits per heavy atom. The molecule has 0 aromatic heterocycles. The van der Waals surface area contributed by atoms with E-state index in [-0.39, 0.29) is 0 Å². The Hall–Kier alpha value is -1.18. The first kappa shape index (κ1) is 3.78. The van der Waals surface area contributed by atoms with Crippen molar-refractivity contribution in [3.63, 3.8) is 0 Å². The summed E-state index contributed by atoms with van der Waals surface area (Å²) in [6.45, 7) is 0. The lowest BCUT2D eigenvalue weighted by molar-refractivity contribution is 0.475. The van der Waals surface area contributed by atoms with Crippen molar-refractivity contribution < 1.29 is 5.11 Å². The molecule has 2 heteroatoms. The van der Waals surface area contributed by atoms with Crippen LogP contribution in [0.4, 0.5) is 5.69 Å². The van der Waals surface area contributed by atoms with Crippen LogP contribution in [0.15, 0.2) is 24.3 Å². The number of aromatic hydroxyl groups is 1. The molecule has 0 aliphatic carbocycles. The Labute approximate surface area is 49.1 Å². The Balaban J connectivity index is 2.88. The van der Waals surface area contributed by atoms with Crippen molar-refractivity contribution in [3.8, 4) is 5.75 Å². The van der Waals surface area contributed by atoms with Gasteiger partial charge in [0, 0.05) is 5.69 Å². The first-order chi connectivity index (χ1) is 4.33. The molecule has 0 fully saturated rings. The quantitative estimate of drug-likeness (QED) is 0.419. The molecule has 0 bridgehead atoms. The van der Waals surface area contributed by atoms with Gasteiger partial charge in [-0.1, -0.05) is 0 Å². The number of phenolic OH excluding ortho intramolecular Hbond substituents is 1. The monoisotopic (exact) mass is 111 g/mol. The number of rotatable bonds is 1. The fraction of sp³-hybridized carbons (Fsp3) is 0. The molecule has 1 aromatic carbocycles. The number of anilines is 1. The van der Waals surface area contributed by atoms with Crippen molar-refractivity contribution in [1.29, 1.82) is 1.43 Å². The minimum atomic E-state index is 0.504. The zero-order valence-corrected chi connectivity index (χ0v) is 4.29. The van der Waals surface area contributed by atoms with Gasteiger partial charge in [-0.25, -0.2) is 0 Å². The normalized spacial score (nSPS) is 10.2. The number of nitrogen functional groups attached to an aromatic ring is 1. The summed E-state index contributed by atoms with van der Waals surface area (Å²) < 4.78 is 6.47. The highest BCUT2D eigenvalue weighted by atomic mass is 16.3. The Bertz CT molecular complexity index is 185. The molecule has 0 atom stereocenters. The first-order valence-electron chi connectivity index (χ1n) is 2.72. The molecular weight excluding hydrogens is 102 g/mol. The van der Waals surface area contributed by atoms with E-state index in [1.54, 1.807) is 24.3 Å². The van der Waals surface area contributed by atoms with Crippen molar-refractivity contribution in [2.45, 2.75) is 0 Å². The molecule has 0 spiro atoms. The van der Waals surface area contributed by atoms with Crippen LogP contribution in [0.1, 0.15) is 0 Å². The molecule has 0 saturated heterocycles. The fourth-order valence-corrected chi connectivity index (χ4v) is 0.468. The molecule has 2 nitrogen and oxygen atoms in total. The van der Waals surface area contributed by atoms with Crippen LogP contribution >= 0.6 is 0 Å². The minimum absolute atomic E-state index is 0.504. The van der Waals surface area contributed by atoms with Crippen molar-refractivity contribution in [1.82, 2.24) is 0 Å². The van der Waals surface area contributed by atoms with E-state index in [0.717, 1.165) is 0 Å². The fourth-order valence-electron chi connectivity index (χ4n) is 0.468. The largest absolute Gasteiger partial charge is 0.508 e. The van der Waals surface area contributed by atoms with Crippen LogP contribution in [0.2, 0.25) is 0 Å². The van der Waals surface area contributed by atoms with Crippen molar-refractivity contribution in [3.05, 3.63) is 24.3 Å². The maximum Gasteiger partial charge on any atom is 0.293 e. The van der Waals surface area contributed by atoms with Gasteiger partial charge in [0.1, 0.15) is 5.75 Å². The highest BCUT2D eigenvalue weighted by Gasteiger charge is 1.82. The third-order valence-corrected chi connectivity index (χ3v) is 0.880. The molecular formula is C6H7NO. The lowest BCUT2D eigenvalue weighted by Gasteiger charge is -1.89. The van der Waals surface area contributed by atoms with Gasteiger partial charge in [-0.2, -0.15) is 0 Å². The summed E-state index contributed by atoms with van der Waals surface area (Å²) in [4.78, 5) is 0. The SMILES string of the molecule is [3H]Oc1ccc(N)cc1. The molecule has 0 radical (unpaired) electrons. The number of nitrogens with two attached hydrogens (primary N) is 1.